The number of rotatable bonds is 3. The highest BCUT2D eigenvalue weighted by Crippen LogP contribution is 2.27. The average molecular weight is 325 g/mol. The van der Waals surface area contributed by atoms with Gasteiger partial charge in [-0.1, -0.05) is 12.1 Å². The molecule has 0 saturated heterocycles. The predicted octanol–water partition coefficient (Wildman–Crippen LogP) is 1.86. The quantitative estimate of drug-likeness (QED) is 0.678. The molecule has 5 N–H and O–H groups in total. The number of nitrogen functional groups attached to an aromatic ring is 1. The van der Waals surface area contributed by atoms with Gasteiger partial charge in [0.05, 0.1) is 30.1 Å². The molecule has 2 amide bonds. The van der Waals surface area contributed by atoms with Crippen molar-refractivity contribution in [2.45, 2.75) is 0 Å². The van der Waals surface area contributed by atoms with Gasteiger partial charge in [0.15, 0.2) is 0 Å². The number of anilines is 2. The summed E-state index contributed by atoms with van der Waals surface area (Å²) < 4.78 is 6.12. The number of nitrogens with one attached hydrogen (secondary N) is 1. The van der Waals surface area contributed by atoms with Crippen molar-refractivity contribution < 1.29 is 14.3 Å². The van der Waals surface area contributed by atoms with E-state index in [9.17, 15) is 9.59 Å². The van der Waals surface area contributed by atoms with Gasteiger partial charge < -0.3 is 16.2 Å². The molecular weight excluding hydrogens is 310 g/mol. The van der Waals surface area contributed by atoms with Crippen LogP contribution in [-0.4, -0.2) is 28.7 Å². The fourth-order valence-corrected chi connectivity index (χ4v) is 2.35. The molecule has 8 nitrogen and oxygen atoms in total. The number of ether oxygens (including phenoxy) is 1. The SMILES string of the molecule is COC(=O)Nc1ccc(-c2cc3c(N)c(C(N)=O)cnn3c2)cc1. The van der Waals surface area contributed by atoms with Crippen LogP contribution in [0.3, 0.4) is 0 Å². The Morgan fingerprint density at radius 3 is 2.54 bits per heavy atom. The monoisotopic (exact) mass is 325 g/mol. The van der Waals surface area contributed by atoms with E-state index in [1.807, 2.05) is 18.2 Å². The number of carbonyl (C=O) groups excluding carboxylic acids is 2. The Labute approximate surface area is 137 Å². The third-order valence-corrected chi connectivity index (χ3v) is 3.59. The molecule has 1 aromatic carbocycles. The minimum Gasteiger partial charge on any atom is -0.453 e. The van der Waals surface area contributed by atoms with Gasteiger partial charge in [-0.2, -0.15) is 5.10 Å². The average Bonchev–Trinajstić information content (AvgIpc) is 3.00. The summed E-state index contributed by atoms with van der Waals surface area (Å²) in [6, 6.07) is 8.99. The molecule has 3 aromatic rings. The lowest BCUT2D eigenvalue weighted by atomic mass is 10.1. The Balaban J connectivity index is 1.96. The second kappa shape index (κ2) is 5.92. The third kappa shape index (κ3) is 2.72. The molecule has 0 bridgehead atoms. The van der Waals surface area contributed by atoms with Crippen molar-refractivity contribution in [2.75, 3.05) is 18.2 Å². The number of hydrogen-bond acceptors (Lipinski definition) is 5. The molecule has 0 aliphatic carbocycles. The highest BCUT2D eigenvalue weighted by atomic mass is 16.5. The first kappa shape index (κ1) is 15.3. The molecule has 0 aliphatic rings. The Morgan fingerprint density at radius 1 is 1.21 bits per heavy atom. The van der Waals surface area contributed by atoms with E-state index in [1.54, 1.807) is 22.8 Å². The molecule has 0 atom stereocenters. The fraction of sp³-hybridized carbons (Fsp3) is 0.0625. The van der Waals surface area contributed by atoms with Gasteiger partial charge in [0.1, 0.15) is 0 Å². The van der Waals surface area contributed by atoms with Gasteiger partial charge in [-0.15, -0.1) is 0 Å². The van der Waals surface area contributed by atoms with Crippen molar-refractivity contribution in [2.24, 2.45) is 5.73 Å². The molecule has 0 fully saturated rings. The number of amides is 2. The van der Waals surface area contributed by atoms with Gasteiger partial charge in [0, 0.05) is 17.4 Å². The normalized spacial score (nSPS) is 10.5. The Bertz CT molecular complexity index is 931. The van der Waals surface area contributed by atoms with Crippen molar-refractivity contribution in [1.82, 2.24) is 9.61 Å². The Morgan fingerprint density at radius 2 is 1.92 bits per heavy atom. The molecule has 122 valence electrons. The first-order valence-corrected chi connectivity index (χ1v) is 7.01. The molecule has 0 aliphatic heterocycles. The minimum atomic E-state index is -0.622. The van der Waals surface area contributed by atoms with Crippen LogP contribution in [0.1, 0.15) is 10.4 Å². The van der Waals surface area contributed by atoms with Crippen LogP contribution in [0.4, 0.5) is 16.2 Å². The standard InChI is InChI=1S/C16H15N5O3/c1-24-16(23)20-11-4-2-9(3-5-11)10-6-13-14(17)12(15(18)22)7-19-21(13)8-10/h2-8H,17H2,1H3,(H2,18,22)(H,20,23). The molecule has 2 aromatic heterocycles. The fourth-order valence-electron chi connectivity index (χ4n) is 2.35. The number of fused-ring (bicyclic) bond motifs is 1. The van der Waals surface area contributed by atoms with E-state index < -0.39 is 12.0 Å². The maximum Gasteiger partial charge on any atom is 0.411 e. The lowest BCUT2D eigenvalue weighted by Crippen LogP contribution is -2.15. The molecule has 0 radical (unpaired) electrons. The predicted molar refractivity (Wildman–Crippen MR) is 89.6 cm³/mol. The lowest BCUT2D eigenvalue weighted by molar-refractivity contribution is 0.100. The number of carbonyl (C=O) groups is 2. The van der Waals surface area contributed by atoms with Crippen LogP contribution in [0.25, 0.3) is 16.6 Å². The summed E-state index contributed by atoms with van der Waals surface area (Å²) >= 11 is 0. The van der Waals surface area contributed by atoms with Crippen LogP contribution in [0, 0.1) is 0 Å². The summed E-state index contributed by atoms with van der Waals surface area (Å²) in [7, 11) is 1.30. The summed E-state index contributed by atoms with van der Waals surface area (Å²) in [4.78, 5) is 22.5. The summed E-state index contributed by atoms with van der Waals surface area (Å²) in [6.45, 7) is 0. The molecule has 8 heteroatoms. The zero-order chi connectivity index (χ0) is 17.3. The molecule has 24 heavy (non-hydrogen) atoms. The molecule has 0 spiro atoms. The van der Waals surface area contributed by atoms with E-state index in [1.165, 1.54) is 13.3 Å². The first-order valence-electron chi connectivity index (χ1n) is 7.01. The van der Waals surface area contributed by atoms with E-state index in [2.05, 4.69) is 15.2 Å². The minimum absolute atomic E-state index is 0.185. The molecular formula is C16H15N5O3. The number of nitrogens with zero attached hydrogens (tertiary/aromatic N) is 2. The maximum atomic E-state index is 11.3. The summed E-state index contributed by atoms with van der Waals surface area (Å²) in [5.74, 6) is -0.622. The third-order valence-electron chi connectivity index (χ3n) is 3.59. The summed E-state index contributed by atoms with van der Waals surface area (Å²) in [6.07, 6.45) is 2.60. The largest absolute Gasteiger partial charge is 0.453 e. The number of methoxy groups -OCH3 is 1. The zero-order valence-corrected chi connectivity index (χ0v) is 12.8. The number of aromatic nitrogens is 2. The maximum absolute atomic E-state index is 11.3. The second-order valence-electron chi connectivity index (χ2n) is 5.09. The number of hydrogen-bond donors (Lipinski definition) is 3. The topological polar surface area (TPSA) is 125 Å². The number of nitrogens with two attached hydrogens (primary N) is 2. The lowest BCUT2D eigenvalue weighted by Gasteiger charge is -2.04. The van der Waals surface area contributed by atoms with Crippen LogP contribution >= 0.6 is 0 Å². The zero-order valence-electron chi connectivity index (χ0n) is 12.8. The second-order valence-corrected chi connectivity index (χ2v) is 5.09. The van der Waals surface area contributed by atoms with E-state index in [0.717, 1.165) is 11.1 Å². The van der Waals surface area contributed by atoms with Crippen molar-refractivity contribution in [3.8, 4) is 11.1 Å². The number of benzene rings is 1. The van der Waals surface area contributed by atoms with Crippen molar-refractivity contribution in [3.63, 3.8) is 0 Å². The van der Waals surface area contributed by atoms with Crippen molar-refractivity contribution in [1.29, 1.82) is 0 Å². The molecule has 0 saturated carbocycles. The number of primary amides is 1. The summed E-state index contributed by atoms with van der Waals surface area (Å²) in [5, 5.41) is 6.72. The van der Waals surface area contributed by atoms with Crippen molar-refractivity contribution in [3.05, 3.63) is 48.3 Å². The molecule has 2 heterocycles. The van der Waals surface area contributed by atoms with Crippen LogP contribution in [-0.2, 0) is 4.74 Å². The van der Waals surface area contributed by atoms with E-state index >= 15 is 0 Å². The van der Waals surface area contributed by atoms with Crippen LogP contribution < -0.4 is 16.8 Å². The molecule has 0 unspecified atom stereocenters. The van der Waals surface area contributed by atoms with Crippen LogP contribution in [0.15, 0.2) is 42.7 Å². The molecule has 3 rings (SSSR count). The summed E-state index contributed by atoms with van der Waals surface area (Å²) in [5.41, 5.74) is 14.7. The highest BCUT2D eigenvalue weighted by molar-refractivity contribution is 6.01. The van der Waals surface area contributed by atoms with Gasteiger partial charge in [-0.25, -0.2) is 9.31 Å². The van der Waals surface area contributed by atoms with E-state index in [-0.39, 0.29) is 11.3 Å². The highest BCUT2D eigenvalue weighted by Gasteiger charge is 2.12. The smallest absolute Gasteiger partial charge is 0.411 e. The van der Waals surface area contributed by atoms with E-state index in [4.69, 9.17) is 11.5 Å². The first-order chi connectivity index (χ1) is 11.5. The van der Waals surface area contributed by atoms with Gasteiger partial charge in [-0.05, 0) is 23.8 Å². The van der Waals surface area contributed by atoms with Gasteiger partial charge in [0.25, 0.3) is 5.91 Å². The van der Waals surface area contributed by atoms with Crippen molar-refractivity contribution >= 4 is 28.9 Å². The van der Waals surface area contributed by atoms with Gasteiger partial charge in [0.2, 0.25) is 0 Å². The Hall–Kier alpha value is -3.55. The van der Waals surface area contributed by atoms with Gasteiger partial charge in [-0.3, -0.25) is 10.1 Å². The van der Waals surface area contributed by atoms with Crippen LogP contribution in [0.2, 0.25) is 0 Å². The Kier molecular flexibility index (Phi) is 3.78. The van der Waals surface area contributed by atoms with E-state index in [0.29, 0.717) is 11.2 Å². The van der Waals surface area contributed by atoms with Gasteiger partial charge >= 0.3 is 6.09 Å². The van der Waals surface area contributed by atoms with Crippen LogP contribution in [0.5, 0.6) is 0 Å².